The molecular formula is C14H19NO3. The molecule has 4 heteroatoms. The van der Waals surface area contributed by atoms with Gasteiger partial charge in [-0.25, -0.2) is 0 Å². The molecule has 1 saturated heterocycles. The Morgan fingerprint density at radius 1 is 1.28 bits per heavy atom. The third-order valence-corrected chi connectivity index (χ3v) is 3.26. The topological polar surface area (TPSA) is 49.8 Å². The van der Waals surface area contributed by atoms with Crippen LogP contribution < -0.4 is 4.90 Å². The summed E-state index contributed by atoms with van der Waals surface area (Å²) in [5.74, 6) is -0.788. The van der Waals surface area contributed by atoms with Crippen LogP contribution in [0.25, 0.3) is 0 Å². The number of anilines is 1. The molecule has 0 radical (unpaired) electrons. The van der Waals surface area contributed by atoms with Crippen LogP contribution in [0.5, 0.6) is 0 Å². The maximum Gasteiger partial charge on any atom is 0.323 e. The minimum absolute atomic E-state index is 0.0503. The van der Waals surface area contributed by atoms with E-state index < -0.39 is 5.97 Å². The zero-order chi connectivity index (χ0) is 12.8. The lowest BCUT2D eigenvalue weighted by molar-refractivity contribution is -0.135. The van der Waals surface area contributed by atoms with Gasteiger partial charge in [-0.15, -0.1) is 0 Å². The van der Waals surface area contributed by atoms with Crippen molar-refractivity contribution in [3.8, 4) is 0 Å². The molecule has 18 heavy (non-hydrogen) atoms. The Labute approximate surface area is 107 Å². The molecule has 1 atom stereocenters. The van der Waals surface area contributed by atoms with Gasteiger partial charge < -0.3 is 14.7 Å². The minimum atomic E-state index is -0.788. The number of nitrogens with zero attached hydrogens (tertiary/aromatic N) is 1. The molecule has 1 N–H and O–H groups in total. The van der Waals surface area contributed by atoms with E-state index in [1.165, 1.54) is 0 Å². The molecule has 1 aliphatic heterocycles. The van der Waals surface area contributed by atoms with E-state index in [4.69, 9.17) is 9.84 Å². The Hall–Kier alpha value is -1.55. The van der Waals surface area contributed by atoms with Crippen LogP contribution >= 0.6 is 0 Å². The lowest BCUT2D eigenvalue weighted by Gasteiger charge is -2.31. The highest BCUT2D eigenvalue weighted by Crippen LogP contribution is 2.22. The van der Waals surface area contributed by atoms with Crippen LogP contribution in [0.4, 0.5) is 5.69 Å². The fourth-order valence-corrected chi connectivity index (χ4v) is 2.39. The fourth-order valence-electron chi connectivity index (χ4n) is 2.39. The minimum Gasteiger partial charge on any atom is -0.480 e. The zero-order valence-corrected chi connectivity index (χ0v) is 10.4. The number of aliphatic carboxylic acids is 1. The van der Waals surface area contributed by atoms with Gasteiger partial charge in [-0.05, 0) is 31.4 Å². The van der Waals surface area contributed by atoms with Crippen molar-refractivity contribution in [2.75, 3.05) is 24.7 Å². The normalized spacial score (nSPS) is 20.1. The number of carboxylic acids is 1. The Bertz CT molecular complexity index is 372. The van der Waals surface area contributed by atoms with Crippen molar-refractivity contribution in [1.82, 2.24) is 0 Å². The summed E-state index contributed by atoms with van der Waals surface area (Å²) in [4.78, 5) is 13.0. The first-order chi connectivity index (χ1) is 8.77. The Kier molecular flexibility index (Phi) is 4.59. The first kappa shape index (κ1) is 12.9. The third-order valence-electron chi connectivity index (χ3n) is 3.26. The molecule has 1 aromatic rings. The number of para-hydroxylation sites is 1. The molecule has 0 spiro atoms. The van der Waals surface area contributed by atoms with E-state index in [0.29, 0.717) is 6.61 Å². The van der Waals surface area contributed by atoms with Gasteiger partial charge in [0.1, 0.15) is 6.54 Å². The largest absolute Gasteiger partial charge is 0.480 e. The number of hydrogen-bond acceptors (Lipinski definition) is 3. The molecule has 0 bridgehead atoms. The van der Waals surface area contributed by atoms with Gasteiger partial charge in [-0.3, -0.25) is 4.79 Å². The number of hydrogen-bond donors (Lipinski definition) is 1. The van der Waals surface area contributed by atoms with E-state index in [9.17, 15) is 4.79 Å². The van der Waals surface area contributed by atoms with Crippen molar-refractivity contribution >= 4 is 11.7 Å². The molecule has 1 aromatic carbocycles. The highest BCUT2D eigenvalue weighted by atomic mass is 16.5. The van der Waals surface area contributed by atoms with Gasteiger partial charge in [0.25, 0.3) is 0 Å². The molecule has 0 saturated carbocycles. The SMILES string of the molecule is O=C(O)CN(c1ccccc1)C1CCCOCC1. The van der Waals surface area contributed by atoms with Crippen molar-refractivity contribution in [3.05, 3.63) is 30.3 Å². The second kappa shape index (κ2) is 6.40. The van der Waals surface area contributed by atoms with Gasteiger partial charge in [0.05, 0.1) is 0 Å². The van der Waals surface area contributed by atoms with Crippen molar-refractivity contribution < 1.29 is 14.6 Å². The number of benzene rings is 1. The van der Waals surface area contributed by atoms with Crippen molar-refractivity contribution in [1.29, 1.82) is 0 Å². The first-order valence-electron chi connectivity index (χ1n) is 6.38. The van der Waals surface area contributed by atoms with E-state index in [1.807, 2.05) is 35.2 Å². The van der Waals surface area contributed by atoms with Crippen LogP contribution in [-0.4, -0.2) is 36.9 Å². The molecule has 2 rings (SSSR count). The first-order valence-corrected chi connectivity index (χ1v) is 6.38. The number of rotatable bonds is 4. The molecular weight excluding hydrogens is 230 g/mol. The molecule has 1 heterocycles. The van der Waals surface area contributed by atoms with E-state index in [0.717, 1.165) is 31.6 Å². The smallest absolute Gasteiger partial charge is 0.323 e. The van der Waals surface area contributed by atoms with Gasteiger partial charge in [0.15, 0.2) is 0 Å². The van der Waals surface area contributed by atoms with Gasteiger partial charge >= 0.3 is 5.97 Å². The average molecular weight is 249 g/mol. The van der Waals surface area contributed by atoms with Crippen LogP contribution in [0.1, 0.15) is 19.3 Å². The maximum atomic E-state index is 11.0. The Morgan fingerprint density at radius 3 is 2.78 bits per heavy atom. The lowest BCUT2D eigenvalue weighted by atomic mass is 10.1. The molecule has 0 aromatic heterocycles. The molecule has 1 fully saturated rings. The summed E-state index contributed by atoms with van der Waals surface area (Å²) in [6.45, 7) is 1.55. The van der Waals surface area contributed by atoms with E-state index in [2.05, 4.69) is 0 Å². The summed E-state index contributed by atoms with van der Waals surface area (Å²) < 4.78 is 5.44. The van der Waals surface area contributed by atoms with Gasteiger partial charge in [-0.1, -0.05) is 18.2 Å². The highest BCUT2D eigenvalue weighted by molar-refractivity contribution is 5.74. The third kappa shape index (κ3) is 3.47. The zero-order valence-electron chi connectivity index (χ0n) is 10.4. The van der Waals surface area contributed by atoms with Crippen molar-refractivity contribution in [2.24, 2.45) is 0 Å². The van der Waals surface area contributed by atoms with Crippen LogP contribution in [-0.2, 0) is 9.53 Å². The molecule has 0 aliphatic carbocycles. The molecule has 0 amide bonds. The van der Waals surface area contributed by atoms with Crippen LogP contribution in [0.2, 0.25) is 0 Å². The van der Waals surface area contributed by atoms with Crippen LogP contribution in [0.15, 0.2) is 30.3 Å². The standard InChI is InChI=1S/C14H19NO3/c16-14(17)11-15(12-5-2-1-3-6-12)13-7-4-9-18-10-8-13/h1-3,5-6,13H,4,7-11H2,(H,16,17). The number of carboxylic acid groups (broad SMARTS) is 1. The van der Waals surface area contributed by atoms with Crippen molar-refractivity contribution in [2.45, 2.75) is 25.3 Å². The Morgan fingerprint density at radius 2 is 2.06 bits per heavy atom. The summed E-state index contributed by atoms with van der Waals surface area (Å²) in [7, 11) is 0. The summed E-state index contributed by atoms with van der Waals surface area (Å²) in [5.41, 5.74) is 0.979. The lowest BCUT2D eigenvalue weighted by Crippen LogP contribution is -2.39. The second-order valence-electron chi connectivity index (χ2n) is 4.55. The van der Waals surface area contributed by atoms with E-state index in [1.54, 1.807) is 0 Å². The van der Waals surface area contributed by atoms with E-state index in [-0.39, 0.29) is 12.6 Å². The van der Waals surface area contributed by atoms with Gasteiger partial charge in [0, 0.05) is 24.9 Å². The van der Waals surface area contributed by atoms with Crippen molar-refractivity contribution in [3.63, 3.8) is 0 Å². The summed E-state index contributed by atoms with van der Waals surface area (Å²) in [6.07, 6.45) is 2.87. The van der Waals surface area contributed by atoms with Gasteiger partial charge in [-0.2, -0.15) is 0 Å². The van der Waals surface area contributed by atoms with Crippen LogP contribution in [0.3, 0.4) is 0 Å². The molecule has 1 unspecified atom stereocenters. The quantitative estimate of drug-likeness (QED) is 0.888. The van der Waals surface area contributed by atoms with E-state index >= 15 is 0 Å². The number of ether oxygens (including phenoxy) is 1. The van der Waals surface area contributed by atoms with Gasteiger partial charge in [0.2, 0.25) is 0 Å². The number of carbonyl (C=O) groups is 1. The Balaban J connectivity index is 2.15. The monoisotopic (exact) mass is 249 g/mol. The summed E-state index contributed by atoms with van der Waals surface area (Å²) in [5, 5.41) is 9.07. The average Bonchev–Trinajstić information content (AvgIpc) is 2.65. The molecule has 4 nitrogen and oxygen atoms in total. The molecule has 98 valence electrons. The fraction of sp³-hybridized carbons (Fsp3) is 0.500. The summed E-state index contributed by atoms with van der Waals surface area (Å²) in [6, 6.07) is 10.0. The van der Waals surface area contributed by atoms with Crippen LogP contribution in [0, 0.1) is 0 Å². The predicted octanol–water partition coefficient (Wildman–Crippen LogP) is 2.15. The second-order valence-corrected chi connectivity index (χ2v) is 4.55. The highest BCUT2D eigenvalue weighted by Gasteiger charge is 2.22. The summed E-state index contributed by atoms with van der Waals surface area (Å²) >= 11 is 0. The maximum absolute atomic E-state index is 11.0. The predicted molar refractivity (Wildman–Crippen MR) is 69.9 cm³/mol. The molecule has 1 aliphatic rings.